The molecule has 0 bridgehead atoms. The number of benzene rings is 1. The van der Waals surface area contributed by atoms with E-state index in [1.807, 2.05) is 23.6 Å². The van der Waals surface area contributed by atoms with Crippen LogP contribution in [0.3, 0.4) is 0 Å². The molecule has 1 aromatic heterocycles. The lowest BCUT2D eigenvalue weighted by Crippen LogP contribution is -2.50. The van der Waals surface area contributed by atoms with E-state index >= 15 is 0 Å². The number of piperazine rings is 1. The molecule has 0 radical (unpaired) electrons. The summed E-state index contributed by atoms with van der Waals surface area (Å²) in [5.74, 6) is -0.0658. The van der Waals surface area contributed by atoms with Gasteiger partial charge in [-0.3, -0.25) is 9.59 Å². The molecule has 2 amide bonds. The van der Waals surface area contributed by atoms with Gasteiger partial charge in [-0.2, -0.15) is 5.26 Å². The second kappa shape index (κ2) is 6.63. The number of carbonyl (C=O) groups excluding carboxylic acids is 2. The molecule has 116 valence electrons. The van der Waals surface area contributed by atoms with Gasteiger partial charge in [0.05, 0.1) is 16.5 Å². The van der Waals surface area contributed by atoms with Crippen molar-refractivity contribution in [3.63, 3.8) is 0 Å². The van der Waals surface area contributed by atoms with Gasteiger partial charge in [0, 0.05) is 31.7 Å². The van der Waals surface area contributed by atoms with Crippen LogP contribution in [0.4, 0.5) is 0 Å². The summed E-state index contributed by atoms with van der Waals surface area (Å²) in [4.78, 5) is 29.0. The van der Waals surface area contributed by atoms with E-state index < -0.39 is 0 Å². The van der Waals surface area contributed by atoms with E-state index in [0.29, 0.717) is 37.3 Å². The van der Waals surface area contributed by atoms with Gasteiger partial charge >= 0.3 is 0 Å². The largest absolute Gasteiger partial charge is 0.335 e. The number of amides is 2. The first kappa shape index (κ1) is 15.3. The van der Waals surface area contributed by atoms with Gasteiger partial charge in [0.15, 0.2) is 0 Å². The number of hydrogen-bond acceptors (Lipinski definition) is 4. The van der Waals surface area contributed by atoms with E-state index in [0.717, 1.165) is 4.88 Å². The smallest absolute Gasteiger partial charge is 0.264 e. The first-order valence-electron chi connectivity index (χ1n) is 7.31. The predicted octanol–water partition coefficient (Wildman–Crippen LogP) is 2.22. The quantitative estimate of drug-likeness (QED) is 0.850. The van der Waals surface area contributed by atoms with Crippen LogP contribution in [0.2, 0.25) is 0 Å². The summed E-state index contributed by atoms with van der Waals surface area (Å²) in [6.07, 6.45) is 0. The molecule has 1 saturated heterocycles. The topological polar surface area (TPSA) is 64.4 Å². The minimum Gasteiger partial charge on any atom is -0.335 e. The molecule has 1 fully saturated rings. The Morgan fingerprint density at radius 1 is 1.00 bits per heavy atom. The summed E-state index contributed by atoms with van der Waals surface area (Å²) in [6, 6.07) is 12.4. The summed E-state index contributed by atoms with van der Waals surface area (Å²) in [5, 5.41) is 10.8. The zero-order valence-electron chi connectivity index (χ0n) is 12.4. The van der Waals surface area contributed by atoms with E-state index in [1.54, 1.807) is 34.1 Å². The van der Waals surface area contributed by atoms with E-state index in [2.05, 4.69) is 0 Å². The molecule has 23 heavy (non-hydrogen) atoms. The fraction of sp³-hybridized carbons (Fsp3) is 0.235. The molecular formula is C17H15N3O2S. The van der Waals surface area contributed by atoms with Gasteiger partial charge in [-0.25, -0.2) is 0 Å². The molecule has 3 rings (SSSR count). The summed E-state index contributed by atoms with van der Waals surface area (Å²) in [6.45, 7) is 2.07. The Morgan fingerprint density at radius 3 is 2.30 bits per heavy atom. The van der Waals surface area contributed by atoms with Crippen molar-refractivity contribution in [1.29, 1.82) is 5.26 Å². The third-order valence-corrected chi connectivity index (χ3v) is 4.68. The number of nitrogens with zero attached hydrogens (tertiary/aromatic N) is 3. The van der Waals surface area contributed by atoms with Crippen LogP contribution in [-0.2, 0) is 0 Å². The molecule has 2 heterocycles. The Kier molecular flexibility index (Phi) is 4.40. The zero-order valence-corrected chi connectivity index (χ0v) is 13.3. The second-order valence-electron chi connectivity index (χ2n) is 5.25. The van der Waals surface area contributed by atoms with E-state index in [1.165, 1.54) is 11.3 Å². The molecule has 1 aromatic carbocycles. The maximum atomic E-state index is 12.5. The van der Waals surface area contributed by atoms with Crippen LogP contribution in [0.25, 0.3) is 0 Å². The van der Waals surface area contributed by atoms with Crippen molar-refractivity contribution < 1.29 is 9.59 Å². The highest BCUT2D eigenvalue weighted by molar-refractivity contribution is 7.12. The molecule has 2 aromatic rings. The Bertz CT molecular complexity index is 756. The van der Waals surface area contributed by atoms with Crippen LogP contribution in [0.5, 0.6) is 0 Å². The molecule has 0 saturated carbocycles. The molecule has 6 heteroatoms. The minimum absolute atomic E-state index is 0.0265. The minimum atomic E-state index is -0.0923. The van der Waals surface area contributed by atoms with E-state index in [-0.39, 0.29) is 11.8 Å². The van der Waals surface area contributed by atoms with E-state index in [4.69, 9.17) is 5.26 Å². The number of hydrogen-bond donors (Lipinski definition) is 0. The van der Waals surface area contributed by atoms with Gasteiger partial charge in [-0.05, 0) is 29.6 Å². The highest BCUT2D eigenvalue weighted by Gasteiger charge is 2.25. The van der Waals surface area contributed by atoms with Crippen LogP contribution in [0.15, 0.2) is 41.8 Å². The summed E-state index contributed by atoms with van der Waals surface area (Å²) in [7, 11) is 0. The normalized spacial score (nSPS) is 14.4. The molecule has 0 spiro atoms. The van der Waals surface area contributed by atoms with Crippen molar-refractivity contribution in [2.24, 2.45) is 0 Å². The Morgan fingerprint density at radius 2 is 1.70 bits per heavy atom. The van der Waals surface area contributed by atoms with Gasteiger partial charge < -0.3 is 9.80 Å². The standard InChI is InChI=1S/C17H15N3O2S/c18-12-13-3-1-4-14(11-13)16(21)19-6-8-20(9-7-19)17(22)15-5-2-10-23-15/h1-5,10-11H,6-9H2. The average molecular weight is 325 g/mol. The lowest BCUT2D eigenvalue weighted by molar-refractivity contribution is 0.0538. The van der Waals surface area contributed by atoms with Crippen LogP contribution in [0, 0.1) is 11.3 Å². The lowest BCUT2D eigenvalue weighted by Gasteiger charge is -2.34. The van der Waals surface area contributed by atoms with Crippen molar-refractivity contribution in [3.8, 4) is 6.07 Å². The van der Waals surface area contributed by atoms with Crippen molar-refractivity contribution in [2.75, 3.05) is 26.2 Å². The second-order valence-corrected chi connectivity index (χ2v) is 6.20. The van der Waals surface area contributed by atoms with Crippen LogP contribution in [-0.4, -0.2) is 47.8 Å². The van der Waals surface area contributed by atoms with Gasteiger partial charge in [0.1, 0.15) is 0 Å². The molecule has 0 unspecified atom stereocenters. The third kappa shape index (κ3) is 3.25. The van der Waals surface area contributed by atoms with Crippen LogP contribution >= 0.6 is 11.3 Å². The fourth-order valence-corrected chi connectivity index (χ4v) is 3.26. The van der Waals surface area contributed by atoms with Gasteiger partial charge in [0.2, 0.25) is 0 Å². The molecule has 1 aliphatic rings. The SMILES string of the molecule is N#Cc1cccc(C(=O)N2CCN(C(=O)c3cccs3)CC2)c1. The Hall–Kier alpha value is -2.65. The number of thiophene rings is 1. The van der Waals surface area contributed by atoms with Crippen molar-refractivity contribution in [1.82, 2.24) is 9.80 Å². The highest BCUT2D eigenvalue weighted by Crippen LogP contribution is 2.15. The summed E-state index contributed by atoms with van der Waals surface area (Å²) >= 11 is 1.43. The van der Waals surface area contributed by atoms with Crippen molar-refractivity contribution in [2.45, 2.75) is 0 Å². The van der Waals surface area contributed by atoms with Crippen molar-refractivity contribution in [3.05, 3.63) is 57.8 Å². The van der Waals surface area contributed by atoms with Crippen molar-refractivity contribution >= 4 is 23.2 Å². The summed E-state index contributed by atoms with van der Waals surface area (Å²) < 4.78 is 0. The average Bonchev–Trinajstić information content (AvgIpc) is 3.15. The molecule has 5 nitrogen and oxygen atoms in total. The molecule has 0 N–H and O–H groups in total. The fourth-order valence-electron chi connectivity index (χ4n) is 2.57. The van der Waals surface area contributed by atoms with Crippen LogP contribution in [0.1, 0.15) is 25.6 Å². The zero-order chi connectivity index (χ0) is 16.2. The highest BCUT2D eigenvalue weighted by atomic mass is 32.1. The molecule has 0 atom stereocenters. The van der Waals surface area contributed by atoms with Gasteiger partial charge in [-0.1, -0.05) is 12.1 Å². The summed E-state index contributed by atoms with van der Waals surface area (Å²) in [5.41, 5.74) is 0.990. The van der Waals surface area contributed by atoms with Gasteiger partial charge in [-0.15, -0.1) is 11.3 Å². The first-order chi connectivity index (χ1) is 11.2. The number of rotatable bonds is 2. The number of nitriles is 1. The molecular weight excluding hydrogens is 310 g/mol. The molecule has 1 aliphatic heterocycles. The monoisotopic (exact) mass is 325 g/mol. The van der Waals surface area contributed by atoms with Gasteiger partial charge in [0.25, 0.3) is 11.8 Å². The maximum absolute atomic E-state index is 12.5. The molecule has 0 aliphatic carbocycles. The number of carbonyl (C=O) groups is 2. The Labute approximate surface area is 138 Å². The van der Waals surface area contributed by atoms with E-state index in [9.17, 15) is 9.59 Å². The first-order valence-corrected chi connectivity index (χ1v) is 8.19. The predicted molar refractivity (Wildman–Crippen MR) is 87.3 cm³/mol. The maximum Gasteiger partial charge on any atom is 0.264 e. The van der Waals surface area contributed by atoms with Crippen LogP contribution < -0.4 is 0 Å². The lowest BCUT2D eigenvalue weighted by atomic mass is 10.1. The Balaban J connectivity index is 1.63. The third-order valence-electron chi connectivity index (χ3n) is 3.82.